The smallest absolute Gasteiger partial charge is 0.195 e. The van der Waals surface area contributed by atoms with Crippen molar-refractivity contribution in [3.05, 3.63) is 192 Å². The highest BCUT2D eigenvalue weighted by molar-refractivity contribution is 8.27. The summed E-state index contributed by atoms with van der Waals surface area (Å²) in [6, 6.07) is 59.6. The molecule has 0 saturated carbocycles. The van der Waals surface area contributed by atoms with Crippen LogP contribution >= 0.6 is 10.6 Å². The summed E-state index contributed by atoms with van der Waals surface area (Å²) in [5, 5.41) is 4.64. The number of hydrogen-bond acceptors (Lipinski definition) is 5. The summed E-state index contributed by atoms with van der Waals surface area (Å²) in [5.74, 6) is 0.821. The highest BCUT2D eigenvalue weighted by Crippen LogP contribution is 2.80. The SMILES string of the molecule is c1ccc2c(c1)-c1c(ccc3c1S1(OCO1)c1ccccc1N3c1ccc3ccc4cccnc4c3n1)C21c2ccccc2-n2c3ccccc3c3cccc1c32. The maximum atomic E-state index is 6.86. The number of pyridine rings is 2. The maximum absolute atomic E-state index is 6.86. The highest BCUT2D eigenvalue weighted by atomic mass is 32.3. The standard InChI is InChI=1S/C50H30N4O2S/c1-3-15-35-34(13-1)45-37(50(35)36-16-4-6-19-40(36)54-39-18-5-2-12-32(39)33-14-9-17-38(50)48(33)54)25-26-42-49(45)57(55-29-56-57)43-21-8-7-20-41(43)53(42)44-27-24-31-23-22-30-11-10-28-51-46(30)47(31)52-44/h1-28H,29H2. The summed E-state index contributed by atoms with van der Waals surface area (Å²) >= 11 is 0. The summed E-state index contributed by atoms with van der Waals surface area (Å²) in [7, 11) is -2.35. The monoisotopic (exact) mass is 750 g/mol. The van der Waals surface area contributed by atoms with Gasteiger partial charge in [-0.15, -0.1) is 10.6 Å². The third-order valence-electron chi connectivity index (χ3n) is 12.8. The van der Waals surface area contributed by atoms with Crippen molar-refractivity contribution >= 4 is 71.4 Å². The largest absolute Gasteiger partial charge is 0.309 e. The lowest BCUT2D eigenvalue weighted by Gasteiger charge is -2.55. The molecule has 7 aromatic carbocycles. The van der Waals surface area contributed by atoms with Crippen LogP contribution in [0.1, 0.15) is 22.3 Å². The van der Waals surface area contributed by atoms with Gasteiger partial charge in [0.25, 0.3) is 0 Å². The molecule has 2 spiro atoms. The Hall–Kier alpha value is -6.77. The molecular weight excluding hydrogens is 721 g/mol. The van der Waals surface area contributed by atoms with E-state index >= 15 is 0 Å². The van der Waals surface area contributed by atoms with E-state index in [4.69, 9.17) is 18.3 Å². The van der Waals surface area contributed by atoms with Crippen molar-refractivity contribution in [1.82, 2.24) is 14.5 Å². The summed E-state index contributed by atoms with van der Waals surface area (Å²) in [5.41, 5.74) is 14.3. The number of anilines is 3. The Balaban J connectivity index is 1.13. The fourth-order valence-electron chi connectivity index (χ4n) is 10.6. The van der Waals surface area contributed by atoms with E-state index in [1.54, 1.807) is 0 Å². The molecule has 1 aliphatic carbocycles. The van der Waals surface area contributed by atoms with E-state index in [1.807, 2.05) is 12.3 Å². The molecule has 1 fully saturated rings. The molecule has 6 heterocycles. The van der Waals surface area contributed by atoms with E-state index in [2.05, 4.69) is 167 Å². The molecule has 1 atom stereocenters. The normalized spacial score (nSPS) is 18.4. The van der Waals surface area contributed by atoms with Crippen LogP contribution in [-0.2, 0) is 13.8 Å². The van der Waals surface area contributed by atoms with Gasteiger partial charge in [0.1, 0.15) is 5.82 Å². The average molecular weight is 751 g/mol. The Morgan fingerprint density at radius 2 is 1.28 bits per heavy atom. The molecule has 0 N–H and O–H groups in total. The summed E-state index contributed by atoms with van der Waals surface area (Å²) in [4.78, 5) is 14.7. The quantitative estimate of drug-likeness (QED) is 0.156. The maximum Gasteiger partial charge on any atom is 0.195 e. The van der Waals surface area contributed by atoms with Crippen molar-refractivity contribution in [3.63, 3.8) is 0 Å². The molecule has 10 aromatic rings. The predicted octanol–water partition coefficient (Wildman–Crippen LogP) is 12.4. The van der Waals surface area contributed by atoms with Gasteiger partial charge in [0.2, 0.25) is 0 Å². The number of para-hydroxylation sites is 4. The van der Waals surface area contributed by atoms with Crippen LogP contribution in [0.5, 0.6) is 0 Å². The lowest BCUT2D eigenvalue weighted by molar-refractivity contribution is 0.0461. The van der Waals surface area contributed by atoms with Gasteiger partial charge in [-0.05, 0) is 76.3 Å². The first kappa shape index (κ1) is 30.4. The fraction of sp³-hybridized carbons (Fsp3) is 0.0400. The molecule has 4 aliphatic rings. The predicted molar refractivity (Wildman–Crippen MR) is 228 cm³/mol. The van der Waals surface area contributed by atoms with Gasteiger partial charge in [-0.3, -0.25) is 9.88 Å². The highest BCUT2D eigenvalue weighted by Gasteiger charge is 2.55. The molecular formula is C50H30N4O2S. The van der Waals surface area contributed by atoms with Crippen LogP contribution in [0.25, 0.3) is 60.4 Å². The molecule has 3 aromatic heterocycles. The number of rotatable bonds is 1. The topological polar surface area (TPSA) is 52.4 Å². The molecule has 7 heteroatoms. The zero-order valence-corrected chi connectivity index (χ0v) is 31.2. The van der Waals surface area contributed by atoms with E-state index in [9.17, 15) is 0 Å². The first-order valence-corrected chi connectivity index (χ1v) is 20.8. The number of nitrogens with zero attached hydrogens (tertiary/aromatic N) is 4. The van der Waals surface area contributed by atoms with Crippen LogP contribution in [-0.4, -0.2) is 21.3 Å². The van der Waals surface area contributed by atoms with Crippen LogP contribution in [0, 0.1) is 0 Å². The number of benzene rings is 7. The van der Waals surface area contributed by atoms with Gasteiger partial charge in [-0.25, -0.2) is 13.4 Å². The van der Waals surface area contributed by atoms with Crippen LogP contribution in [0.3, 0.4) is 0 Å². The second kappa shape index (κ2) is 10.5. The van der Waals surface area contributed by atoms with Crippen molar-refractivity contribution < 1.29 is 8.37 Å². The third kappa shape index (κ3) is 3.50. The summed E-state index contributed by atoms with van der Waals surface area (Å²) in [6.45, 7) is 0.244. The molecule has 0 radical (unpaired) electrons. The van der Waals surface area contributed by atoms with Crippen LogP contribution in [0.2, 0.25) is 0 Å². The minimum absolute atomic E-state index is 0.244. The first-order chi connectivity index (χ1) is 28.3. The minimum Gasteiger partial charge on any atom is -0.309 e. The van der Waals surface area contributed by atoms with Crippen molar-refractivity contribution in [2.45, 2.75) is 15.2 Å². The fourth-order valence-corrected chi connectivity index (χ4v) is 13.3. The number of fused-ring (bicyclic) bond motifs is 20. The Morgan fingerprint density at radius 3 is 2.18 bits per heavy atom. The van der Waals surface area contributed by atoms with Gasteiger partial charge in [0.15, 0.2) is 6.79 Å². The third-order valence-corrected chi connectivity index (χ3v) is 15.5. The van der Waals surface area contributed by atoms with Gasteiger partial charge in [-0.1, -0.05) is 115 Å². The molecule has 268 valence electrons. The second-order valence-electron chi connectivity index (χ2n) is 15.2. The minimum atomic E-state index is -2.35. The zero-order chi connectivity index (χ0) is 37.0. The van der Waals surface area contributed by atoms with E-state index < -0.39 is 16.0 Å². The van der Waals surface area contributed by atoms with E-state index in [0.29, 0.717) is 0 Å². The summed E-state index contributed by atoms with van der Waals surface area (Å²) in [6.07, 6.45) is 1.85. The Labute approximate surface area is 328 Å². The van der Waals surface area contributed by atoms with Crippen molar-refractivity contribution in [3.8, 4) is 16.8 Å². The molecule has 6 nitrogen and oxygen atoms in total. The van der Waals surface area contributed by atoms with Crippen molar-refractivity contribution in [2.24, 2.45) is 0 Å². The molecule has 1 saturated heterocycles. The van der Waals surface area contributed by atoms with Gasteiger partial charge < -0.3 is 4.57 Å². The van der Waals surface area contributed by atoms with Gasteiger partial charge in [0.05, 0.1) is 54.3 Å². The lowest BCUT2D eigenvalue weighted by Crippen LogP contribution is -2.34. The van der Waals surface area contributed by atoms with Crippen molar-refractivity contribution in [2.75, 3.05) is 11.7 Å². The van der Waals surface area contributed by atoms with Crippen molar-refractivity contribution in [1.29, 1.82) is 0 Å². The Bertz CT molecular complexity index is 3440. The van der Waals surface area contributed by atoms with Gasteiger partial charge in [0, 0.05) is 33.3 Å². The second-order valence-corrected chi connectivity index (χ2v) is 17.6. The molecule has 57 heavy (non-hydrogen) atoms. The zero-order valence-electron chi connectivity index (χ0n) is 30.4. The van der Waals surface area contributed by atoms with Crippen LogP contribution < -0.4 is 4.90 Å². The molecule has 3 aliphatic heterocycles. The van der Waals surface area contributed by atoms with E-state index in [-0.39, 0.29) is 6.79 Å². The number of aromatic nitrogens is 3. The van der Waals surface area contributed by atoms with E-state index in [1.165, 1.54) is 60.9 Å². The van der Waals surface area contributed by atoms with Gasteiger partial charge in [-0.2, -0.15) is 0 Å². The van der Waals surface area contributed by atoms with Crippen LogP contribution in [0.4, 0.5) is 17.2 Å². The van der Waals surface area contributed by atoms with Crippen LogP contribution in [0.15, 0.2) is 180 Å². The average Bonchev–Trinajstić information content (AvgIpc) is 3.75. The number of hydrogen-bond donors (Lipinski definition) is 0. The van der Waals surface area contributed by atoms with E-state index in [0.717, 1.165) is 48.8 Å². The molecule has 14 rings (SSSR count). The lowest BCUT2D eigenvalue weighted by atomic mass is 9.65. The molecule has 0 bridgehead atoms. The Morgan fingerprint density at radius 1 is 0.544 bits per heavy atom. The molecule has 1 unspecified atom stereocenters. The summed E-state index contributed by atoms with van der Waals surface area (Å²) < 4.78 is 16.2. The van der Waals surface area contributed by atoms with Gasteiger partial charge >= 0.3 is 0 Å². The molecule has 0 amide bonds. The first-order valence-electron chi connectivity index (χ1n) is 19.3. The Kier molecular flexibility index (Phi) is 5.63.